The maximum Gasteiger partial charge on any atom is 0.231 e. The van der Waals surface area contributed by atoms with Gasteiger partial charge < -0.3 is 24.3 Å². The van der Waals surface area contributed by atoms with Gasteiger partial charge in [0.2, 0.25) is 6.79 Å². The molecular weight excluding hydrogens is 278 g/mol. The predicted molar refractivity (Wildman–Crippen MR) is 80.0 cm³/mol. The van der Waals surface area contributed by atoms with Gasteiger partial charge >= 0.3 is 0 Å². The van der Waals surface area contributed by atoms with E-state index in [9.17, 15) is 0 Å². The van der Waals surface area contributed by atoms with Gasteiger partial charge in [0.15, 0.2) is 11.5 Å². The molecule has 112 valence electrons. The Bertz CT molecular complexity index is 428. The summed E-state index contributed by atoms with van der Waals surface area (Å²) in [5.74, 6) is 3.36. The SMILES string of the molecule is COCCNCc1cc2c(cc1OCCSC)OCO2. The summed E-state index contributed by atoms with van der Waals surface area (Å²) in [6.07, 6.45) is 2.07. The number of rotatable bonds is 9. The van der Waals surface area contributed by atoms with Crippen LogP contribution in [0.15, 0.2) is 12.1 Å². The molecule has 5 nitrogen and oxygen atoms in total. The Hall–Kier alpha value is -1.11. The lowest BCUT2D eigenvalue weighted by Gasteiger charge is -2.13. The molecule has 0 amide bonds. The monoisotopic (exact) mass is 299 g/mol. The molecule has 0 saturated carbocycles. The van der Waals surface area contributed by atoms with Crippen LogP contribution in [0.25, 0.3) is 0 Å². The van der Waals surface area contributed by atoms with E-state index < -0.39 is 0 Å². The van der Waals surface area contributed by atoms with Gasteiger partial charge in [0.05, 0.1) is 13.2 Å². The summed E-state index contributed by atoms with van der Waals surface area (Å²) in [6.45, 7) is 3.17. The lowest BCUT2D eigenvalue weighted by Crippen LogP contribution is -2.19. The Morgan fingerprint density at radius 2 is 2.05 bits per heavy atom. The lowest BCUT2D eigenvalue weighted by atomic mass is 10.1. The molecule has 0 radical (unpaired) electrons. The Morgan fingerprint density at radius 1 is 1.25 bits per heavy atom. The van der Waals surface area contributed by atoms with Crippen molar-refractivity contribution in [2.24, 2.45) is 0 Å². The minimum absolute atomic E-state index is 0.278. The summed E-state index contributed by atoms with van der Waals surface area (Å²) in [4.78, 5) is 0. The smallest absolute Gasteiger partial charge is 0.231 e. The number of nitrogens with one attached hydrogen (secondary N) is 1. The van der Waals surface area contributed by atoms with Crippen LogP contribution in [0, 0.1) is 0 Å². The third-order valence-electron chi connectivity index (χ3n) is 2.90. The molecular formula is C14H21NO4S. The van der Waals surface area contributed by atoms with E-state index in [-0.39, 0.29) is 6.79 Å². The molecule has 0 bridgehead atoms. The van der Waals surface area contributed by atoms with Crippen LogP contribution in [0.3, 0.4) is 0 Å². The molecule has 20 heavy (non-hydrogen) atoms. The van der Waals surface area contributed by atoms with Crippen LogP contribution in [0.2, 0.25) is 0 Å². The highest BCUT2D eigenvalue weighted by Crippen LogP contribution is 2.38. The third kappa shape index (κ3) is 4.19. The molecule has 0 spiro atoms. The summed E-state index contributed by atoms with van der Waals surface area (Å²) in [5.41, 5.74) is 1.08. The molecule has 1 aliphatic rings. The van der Waals surface area contributed by atoms with Crippen LogP contribution >= 0.6 is 11.8 Å². The van der Waals surface area contributed by atoms with Crippen molar-refractivity contribution in [2.75, 3.05) is 45.7 Å². The van der Waals surface area contributed by atoms with Gasteiger partial charge in [0.1, 0.15) is 5.75 Å². The second kappa shape index (κ2) is 8.24. The minimum atomic E-state index is 0.278. The first kappa shape index (κ1) is 15.3. The van der Waals surface area contributed by atoms with Crippen molar-refractivity contribution >= 4 is 11.8 Å². The molecule has 1 aromatic rings. The predicted octanol–water partition coefficient (Wildman–Crippen LogP) is 1.89. The number of hydrogen-bond acceptors (Lipinski definition) is 6. The zero-order valence-corrected chi connectivity index (χ0v) is 12.8. The molecule has 2 rings (SSSR count). The molecule has 6 heteroatoms. The summed E-state index contributed by atoms with van der Waals surface area (Å²) >= 11 is 1.76. The summed E-state index contributed by atoms with van der Waals surface area (Å²) < 4.78 is 21.7. The van der Waals surface area contributed by atoms with Gasteiger partial charge in [-0.05, 0) is 12.3 Å². The topological polar surface area (TPSA) is 49.0 Å². The average molecular weight is 299 g/mol. The minimum Gasteiger partial charge on any atom is -0.492 e. The fraction of sp³-hybridized carbons (Fsp3) is 0.571. The number of methoxy groups -OCH3 is 1. The first-order valence-electron chi connectivity index (χ1n) is 6.59. The molecule has 1 aromatic carbocycles. The first-order valence-corrected chi connectivity index (χ1v) is 7.98. The van der Waals surface area contributed by atoms with E-state index >= 15 is 0 Å². The average Bonchev–Trinajstić information content (AvgIpc) is 2.91. The molecule has 0 aliphatic carbocycles. The zero-order chi connectivity index (χ0) is 14.2. The molecule has 0 atom stereocenters. The van der Waals surface area contributed by atoms with E-state index in [0.717, 1.165) is 35.1 Å². The van der Waals surface area contributed by atoms with Gasteiger partial charge in [-0.1, -0.05) is 0 Å². The van der Waals surface area contributed by atoms with Crippen molar-refractivity contribution in [1.29, 1.82) is 0 Å². The van der Waals surface area contributed by atoms with E-state index in [4.69, 9.17) is 18.9 Å². The fourth-order valence-electron chi connectivity index (χ4n) is 1.87. The van der Waals surface area contributed by atoms with Crippen LogP contribution in [0.4, 0.5) is 0 Å². The number of fused-ring (bicyclic) bond motifs is 1. The van der Waals surface area contributed by atoms with E-state index in [1.165, 1.54) is 0 Å². The van der Waals surface area contributed by atoms with E-state index in [2.05, 4.69) is 11.6 Å². The van der Waals surface area contributed by atoms with Gasteiger partial charge in [0.25, 0.3) is 0 Å². The fourth-order valence-corrected chi connectivity index (χ4v) is 2.12. The van der Waals surface area contributed by atoms with E-state index in [1.54, 1.807) is 18.9 Å². The van der Waals surface area contributed by atoms with Gasteiger partial charge in [-0.25, -0.2) is 0 Å². The maximum absolute atomic E-state index is 5.83. The summed E-state index contributed by atoms with van der Waals surface area (Å²) in [5, 5.41) is 3.32. The van der Waals surface area contributed by atoms with Crippen molar-refractivity contribution in [2.45, 2.75) is 6.54 Å². The zero-order valence-electron chi connectivity index (χ0n) is 11.9. The highest BCUT2D eigenvalue weighted by atomic mass is 32.2. The Balaban J connectivity index is 2.01. The number of benzene rings is 1. The van der Waals surface area contributed by atoms with Crippen LogP contribution in [-0.2, 0) is 11.3 Å². The molecule has 0 fully saturated rings. The van der Waals surface area contributed by atoms with Crippen LogP contribution in [0.1, 0.15) is 5.56 Å². The van der Waals surface area contributed by atoms with Crippen LogP contribution < -0.4 is 19.5 Å². The van der Waals surface area contributed by atoms with Crippen LogP contribution in [-0.4, -0.2) is 45.7 Å². The molecule has 0 saturated heterocycles. The van der Waals surface area contributed by atoms with Gasteiger partial charge in [0, 0.05) is 37.6 Å². The Morgan fingerprint density at radius 3 is 2.80 bits per heavy atom. The second-order valence-electron chi connectivity index (χ2n) is 4.32. The number of hydrogen-bond donors (Lipinski definition) is 1. The third-order valence-corrected chi connectivity index (χ3v) is 3.47. The summed E-state index contributed by atoms with van der Waals surface area (Å²) in [6, 6.07) is 3.90. The van der Waals surface area contributed by atoms with Crippen molar-refractivity contribution in [1.82, 2.24) is 5.32 Å². The normalized spacial score (nSPS) is 12.7. The lowest BCUT2D eigenvalue weighted by molar-refractivity contribution is 0.173. The van der Waals surface area contributed by atoms with Crippen molar-refractivity contribution < 1.29 is 18.9 Å². The van der Waals surface area contributed by atoms with Gasteiger partial charge in [-0.3, -0.25) is 0 Å². The van der Waals surface area contributed by atoms with Gasteiger partial charge in [-0.15, -0.1) is 0 Å². The molecule has 0 aromatic heterocycles. The Labute approximate surface area is 123 Å². The Kier molecular flexibility index (Phi) is 6.29. The van der Waals surface area contributed by atoms with Crippen LogP contribution in [0.5, 0.6) is 17.2 Å². The quantitative estimate of drug-likeness (QED) is 0.703. The van der Waals surface area contributed by atoms with Crippen molar-refractivity contribution in [3.63, 3.8) is 0 Å². The van der Waals surface area contributed by atoms with Crippen molar-refractivity contribution in [3.8, 4) is 17.2 Å². The molecule has 1 N–H and O–H groups in total. The molecule has 0 unspecified atom stereocenters. The maximum atomic E-state index is 5.83. The first-order chi connectivity index (χ1) is 9.85. The number of thioether (sulfide) groups is 1. The van der Waals surface area contributed by atoms with E-state index in [0.29, 0.717) is 19.8 Å². The number of ether oxygens (including phenoxy) is 4. The summed E-state index contributed by atoms with van der Waals surface area (Å²) in [7, 11) is 1.69. The molecule has 1 heterocycles. The highest BCUT2D eigenvalue weighted by molar-refractivity contribution is 7.98. The van der Waals surface area contributed by atoms with Gasteiger partial charge in [-0.2, -0.15) is 11.8 Å². The van der Waals surface area contributed by atoms with Crippen molar-refractivity contribution in [3.05, 3.63) is 17.7 Å². The largest absolute Gasteiger partial charge is 0.492 e. The molecule has 1 aliphatic heterocycles. The second-order valence-corrected chi connectivity index (χ2v) is 5.31. The standard InChI is InChI=1S/C14H21NO4S/c1-16-4-3-15-9-11-7-13-14(19-10-18-13)8-12(11)17-5-6-20-2/h7-8,15H,3-6,9-10H2,1-2H3. The van der Waals surface area contributed by atoms with E-state index in [1.807, 2.05) is 12.1 Å². The highest BCUT2D eigenvalue weighted by Gasteiger charge is 2.17.